The maximum atomic E-state index is 13.6. The van der Waals surface area contributed by atoms with Gasteiger partial charge in [0.15, 0.2) is 22.4 Å². The molecule has 0 fully saturated rings. The minimum Gasteiger partial charge on any atom is -0.495 e. The Kier molecular flexibility index (Phi) is 6.92. The van der Waals surface area contributed by atoms with Gasteiger partial charge in [0.25, 0.3) is 5.91 Å². The van der Waals surface area contributed by atoms with E-state index in [1.54, 1.807) is 45.3 Å². The lowest BCUT2D eigenvalue weighted by Crippen LogP contribution is -2.48. The Morgan fingerprint density at radius 1 is 1.03 bits per heavy atom. The Bertz CT molecular complexity index is 1300. The molecule has 0 saturated heterocycles. The van der Waals surface area contributed by atoms with E-state index >= 15 is 0 Å². The van der Waals surface area contributed by atoms with E-state index in [1.807, 2.05) is 43.3 Å². The molecule has 0 spiro atoms. The maximum Gasteiger partial charge on any atom is 0.257 e. The van der Waals surface area contributed by atoms with Crippen LogP contribution in [0.2, 0.25) is 0 Å². The molecule has 2 heterocycles. The van der Waals surface area contributed by atoms with Crippen LogP contribution in [0.3, 0.4) is 0 Å². The number of amides is 1. The van der Waals surface area contributed by atoms with Crippen LogP contribution in [0.25, 0.3) is 0 Å². The lowest BCUT2D eigenvalue weighted by molar-refractivity contribution is -0.113. The number of hydrogen-bond acceptors (Lipinski definition) is 7. The number of ether oxygens (including phenoxy) is 3. The monoisotopic (exact) mass is 494 g/mol. The second kappa shape index (κ2) is 10.1. The molecule has 1 aromatic heterocycles. The smallest absolute Gasteiger partial charge is 0.257 e. The van der Waals surface area contributed by atoms with Gasteiger partial charge in [0.05, 0.1) is 38.6 Å². The molecule has 1 aliphatic heterocycles. The van der Waals surface area contributed by atoms with Crippen LogP contribution in [0, 0.1) is 6.92 Å². The van der Waals surface area contributed by atoms with Crippen molar-refractivity contribution in [2.24, 2.45) is 0 Å². The predicted octanol–water partition coefficient (Wildman–Crippen LogP) is 4.36. The van der Waals surface area contributed by atoms with Crippen molar-refractivity contribution in [1.82, 2.24) is 10.5 Å². The first-order chi connectivity index (χ1) is 16.9. The zero-order valence-electron chi connectivity index (χ0n) is 20.0. The average Bonchev–Trinajstić information content (AvgIpc) is 3.27. The van der Waals surface area contributed by atoms with E-state index in [-0.39, 0.29) is 5.91 Å². The summed E-state index contributed by atoms with van der Waals surface area (Å²) in [6.07, 6.45) is 0. The van der Waals surface area contributed by atoms with E-state index in [9.17, 15) is 4.79 Å². The number of nitrogens with zero attached hydrogens (tertiary/aromatic N) is 2. The van der Waals surface area contributed by atoms with Gasteiger partial charge >= 0.3 is 0 Å². The van der Waals surface area contributed by atoms with Gasteiger partial charge in [0.1, 0.15) is 11.5 Å². The van der Waals surface area contributed by atoms with Crippen LogP contribution in [0.5, 0.6) is 17.2 Å². The van der Waals surface area contributed by atoms with Crippen LogP contribution in [0.4, 0.5) is 11.5 Å². The van der Waals surface area contributed by atoms with Gasteiger partial charge < -0.3 is 29.4 Å². The minimum atomic E-state index is -0.568. The second-order valence-corrected chi connectivity index (χ2v) is 8.17. The van der Waals surface area contributed by atoms with Gasteiger partial charge in [0, 0.05) is 11.8 Å². The van der Waals surface area contributed by atoms with Crippen molar-refractivity contribution in [2.75, 3.05) is 31.5 Å². The molecule has 1 atom stereocenters. The SMILES string of the molecule is COc1ccc([C@H]2NC(=S)N(c3ccccc3OC)C(C)=C2C(=O)Nc2cc(C)on2)cc1OC. The number of anilines is 2. The number of para-hydroxylation sites is 2. The first kappa shape index (κ1) is 24.1. The molecule has 2 N–H and O–H groups in total. The first-order valence-electron chi connectivity index (χ1n) is 10.8. The van der Waals surface area contributed by atoms with Gasteiger partial charge in [-0.3, -0.25) is 9.69 Å². The molecule has 3 aromatic rings. The fraction of sp³-hybridized carbons (Fsp3) is 0.240. The molecule has 0 bridgehead atoms. The Balaban J connectivity index is 1.85. The van der Waals surface area contributed by atoms with Crippen molar-refractivity contribution in [3.8, 4) is 17.2 Å². The largest absolute Gasteiger partial charge is 0.495 e. The van der Waals surface area contributed by atoms with Crippen LogP contribution in [-0.4, -0.2) is 37.5 Å². The highest BCUT2D eigenvalue weighted by atomic mass is 32.1. The first-order valence-corrected chi connectivity index (χ1v) is 11.2. The van der Waals surface area contributed by atoms with Gasteiger partial charge in [-0.2, -0.15) is 0 Å². The van der Waals surface area contributed by atoms with Gasteiger partial charge in [-0.25, -0.2) is 0 Å². The number of thiocarbonyl (C=S) groups is 1. The number of carbonyl (C=O) groups is 1. The number of rotatable bonds is 7. The van der Waals surface area contributed by atoms with Crippen LogP contribution >= 0.6 is 12.2 Å². The number of carbonyl (C=O) groups excluding carboxylic acids is 1. The van der Waals surface area contributed by atoms with Gasteiger partial charge in [-0.1, -0.05) is 23.4 Å². The molecule has 1 aliphatic rings. The van der Waals surface area contributed by atoms with Crippen molar-refractivity contribution in [3.05, 3.63) is 71.1 Å². The Labute approximate surface area is 208 Å². The highest BCUT2D eigenvalue weighted by Crippen LogP contribution is 2.39. The molecule has 182 valence electrons. The number of hydrogen-bond donors (Lipinski definition) is 2. The summed E-state index contributed by atoms with van der Waals surface area (Å²) >= 11 is 5.76. The summed E-state index contributed by atoms with van der Waals surface area (Å²) in [4.78, 5) is 15.4. The molecule has 1 amide bonds. The summed E-state index contributed by atoms with van der Waals surface area (Å²) < 4.78 is 21.5. The minimum absolute atomic E-state index is 0.316. The Hall–Kier alpha value is -4.05. The summed E-state index contributed by atoms with van der Waals surface area (Å²) in [6.45, 7) is 3.60. The quantitative estimate of drug-likeness (QED) is 0.464. The van der Waals surface area contributed by atoms with E-state index < -0.39 is 6.04 Å². The summed E-state index contributed by atoms with van der Waals surface area (Å²) in [5, 5.41) is 10.5. The fourth-order valence-corrected chi connectivity index (χ4v) is 4.39. The molecule has 0 unspecified atom stereocenters. The van der Waals surface area contributed by atoms with E-state index in [1.165, 1.54) is 0 Å². The molecule has 9 nitrogen and oxygen atoms in total. The normalized spacial score (nSPS) is 15.5. The topological polar surface area (TPSA) is 98.1 Å². The molecule has 0 saturated carbocycles. The maximum absolute atomic E-state index is 13.6. The van der Waals surface area contributed by atoms with E-state index in [4.69, 9.17) is 31.0 Å². The molecule has 0 radical (unpaired) electrons. The van der Waals surface area contributed by atoms with Gasteiger partial charge in [-0.15, -0.1) is 0 Å². The van der Waals surface area contributed by atoms with E-state index in [0.717, 1.165) is 5.56 Å². The van der Waals surface area contributed by atoms with E-state index in [2.05, 4.69) is 15.8 Å². The average molecular weight is 495 g/mol. The highest BCUT2D eigenvalue weighted by Gasteiger charge is 2.36. The Morgan fingerprint density at radius 3 is 2.40 bits per heavy atom. The molecular formula is C25H26N4O5S. The zero-order chi connectivity index (χ0) is 25.1. The number of methoxy groups -OCH3 is 3. The lowest BCUT2D eigenvalue weighted by Gasteiger charge is -2.38. The fourth-order valence-electron chi connectivity index (χ4n) is 4.03. The van der Waals surface area contributed by atoms with E-state index in [0.29, 0.717) is 50.9 Å². The van der Waals surface area contributed by atoms with Crippen molar-refractivity contribution >= 4 is 34.7 Å². The van der Waals surface area contributed by atoms with Crippen LogP contribution < -0.4 is 29.7 Å². The Morgan fingerprint density at radius 2 is 1.74 bits per heavy atom. The van der Waals surface area contributed by atoms with Crippen LogP contribution in [0.1, 0.15) is 24.3 Å². The third kappa shape index (κ3) is 4.65. The van der Waals surface area contributed by atoms with Crippen molar-refractivity contribution in [1.29, 1.82) is 0 Å². The van der Waals surface area contributed by atoms with Crippen LogP contribution in [0.15, 0.2) is 64.3 Å². The van der Waals surface area contributed by atoms with Crippen molar-refractivity contribution < 1.29 is 23.5 Å². The second-order valence-electron chi connectivity index (χ2n) is 7.78. The molecule has 4 rings (SSSR count). The van der Waals surface area contributed by atoms with Crippen molar-refractivity contribution in [2.45, 2.75) is 19.9 Å². The highest BCUT2D eigenvalue weighted by molar-refractivity contribution is 7.80. The van der Waals surface area contributed by atoms with Gasteiger partial charge in [-0.05, 0) is 55.9 Å². The summed E-state index contributed by atoms with van der Waals surface area (Å²) in [5.74, 6) is 2.28. The third-order valence-electron chi connectivity index (χ3n) is 5.67. The molecule has 0 aliphatic carbocycles. The summed E-state index contributed by atoms with van der Waals surface area (Å²) in [5.41, 5.74) is 2.55. The number of nitrogens with one attached hydrogen (secondary N) is 2. The number of benzene rings is 2. The molecule has 10 heteroatoms. The number of allylic oxidation sites excluding steroid dienone is 1. The third-order valence-corrected chi connectivity index (χ3v) is 5.97. The number of aryl methyl sites for hydroxylation is 1. The van der Waals surface area contributed by atoms with Gasteiger partial charge in [0.2, 0.25) is 0 Å². The summed E-state index contributed by atoms with van der Waals surface area (Å²) in [7, 11) is 4.72. The molecule has 35 heavy (non-hydrogen) atoms. The van der Waals surface area contributed by atoms with Crippen molar-refractivity contribution in [3.63, 3.8) is 0 Å². The van der Waals surface area contributed by atoms with Crippen LogP contribution in [-0.2, 0) is 4.79 Å². The zero-order valence-corrected chi connectivity index (χ0v) is 20.9. The molecular weight excluding hydrogens is 468 g/mol. The lowest BCUT2D eigenvalue weighted by atomic mass is 9.93. The number of aromatic nitrogens is 1. The molecule has 2 aromatic carbocycles. The summed E-state index contributed by atoms with van der Waals surface area (Å²) in [6, 6.07) is 14.0. The predicted molar refractivity (Wildman–Crippen MR) is 136 cm³/mol. The standard InChI is InChI=1S/C25H26N4O5S/c1-14-12-21(28-34-14)26-24(30)22-15(2)29(17-8-6-7-9-18(17)31-3)25(35)27-23(22)16-10-11-19(32-4)20(13-16)33-5/h6-13,23H,1-5H3,(H,27,35)(H,26,28,30)/t23-/m1/s1.